The summed E-state index contributed by atoms with van der Waals surface area (Å²) in [4.78, 5) is 12.7. The van der Waals surface area contributed by atoms with E-state index >= 15 is 0 Å². The molecule has 84 valence electrons. The number of aliphatic carboxylic acids is 1. The molecule has 0 bridgehead atoms. The lowest BCUT2D eigenvalue weighted by Gasteiger charge is -2.21. The van der Waals surface area contributed by atoms with E-state index in [0.29, 0.717) is 0 Å². The molecule has 0 heterocycles. The highest BCUT2D eigenvalue weighted by molar-refractivity contribution is 5.78. The summed E-state index contributed by atoms with van der Waals surface area (Å²) >= 11 is 0. The molecule has 0 aromatic rings. The van der Waals surface area contributed by atoms with E-state index in [1.807, 2.05) is 19.1 Å². The van der Waals surface area contributed by atoms with Gasteiger partial charge in [0.1, 0.15) is 6.04 Å². The molecule has 3 heteroatoms. The van der Waals surface area contributed by atoms with E-state index in [4.69, 9.17) is 5.11 Å². The molecule has 1 N–H and O–H groups in total. The number of likely N-dealkylation sites (N-methyl/N-ethyl adjacent to an activating group) is 1. The van der Waals surface area contributed by atoms with Gasteiger partial charge in [0.15, 0.2) is 0 Å². The lowest BCUT2D eigenvalue weighted by molar-refractivity contribution is -0.140. The second-order valence-electron chi connectivity index (χ2n) is 3.42. The number of hydrogen-bond acceptors (Lipinski definition) is 2. The molecule has 0 amide bonds. The van der Waals surface area contributed by atoms with Crippen LogP contribution in [0.15, 0.2) is 36.5 Å². The molecule has 0 aromatic heterocycles. The highest BCUT2D eigenvalue weighted by atomic mass is 16.4. The highest BCUT2D eigenvalue weighted by Gasteiger charge is 2.22. The molecule has 0 fully saturated rings. The average Bonchev–Trinajstić information content (AvgIpc) is 2.13. The summed E-state index contributed by atoms with van der Waals surface area (Å²) in [7, 11) is 3.49. The topological polar surface area (TPSA) is 40.5 Å². The summed E-state index contributed by atoms with van der Waals surface area (Å²) in [6.45, 7) is 5.60. The number of carbonyl (C=O) groups is 1. The van der Waals surface area contributed by atoms with Gasteiger partial charge in [-0.15, -0.1) is 0 Å². The minimum atomic E-state index is -0.853. The first kappa shape index (κ1) is 13.7. The van der Waals surface area contributed by atoms with Gasteiger partial charge in [0.2, 0.25) is 0 Å². The fourth-order valence-corrected chi connectivity index (χ4v) is 1.29. The van der Waals surface area contributed by atoms with Gasteiger partial charge >= 0.3 is 5.97 Å². The van der Waals surface area contributed by atoms with Crippen molar-refractivity contribution in [1.29, 1.82) is 0 Å². The Morgan fingerprint density at radius 3 is 2.47 bits per heavy atom. The minimum Gasteiger partial charge on any atom is -0.480 e. The zero-order chi connectivity index (χ0) is 11.8. The molecule has 0 aliphatic rings. The van der Waals surface area contributed by atoms with E-state index < -0.39 is 12.0 Å². The lowest BCUT2D eigenvalue weighted by atomic mass is 10.0. The number of nitrogens with zero attached hydrogens (tertiary/aromatic N) is 1. The molecule has 0 rings (SSSR count). The van der Waals surface area contributed by atoms with Crippen molar-refractivity contribution in [2.75, 3.05) is 14.1 Å². The molecule has 0 aliphatic heterocycles. The van der Waals surface area contributed by atoms with Crippen LogP contribution in [0.1, 0.15) is 13.3 Å². The number of carboxylic acids is 1. The van der Waals surface area contributed by atoms with E-state index in [0.717, 1.165) is 12.0 Å². The van der Waals surface area contributed by atoms with Crippen molar-refractivity contribution in [3.8, 4) is 0 Å². The van der Waals surface area contributed by atoms with Crippen LogP contribution in [0.3, 0.4) is 0 Å². The van der Waals surface area contributed by atoms with Crippen LogP contribution in [0, 0.1) is 0 Å². The van der Waals surface area contributed by atoms with Gasteiger partial charge in [-0.05, 0) is 26.1 Å². The van der Waals surface area contributed by atoms with Gasteiger partial charge in [0, 0.05) is 0 Å². The molecule has 1 unspecified atom stereocenters. The van der Waals surface area contributed by atoms with Crippen molar-refractivity contribution < 1.29 is 9.90 Å². The van der Waals surface area contributed by atoms with Crippen LogP contribution in [0.4, 0.5) is 0 Å². The predicted molar refractivity (Wildman–Crippen MR) is 62.8 cm³/mol. The first-order valence-corrected chi connectivity index (χ1v) is 4.93. The predicted octanol–water partition coefficient (Wildman–Crippen LogP) is 2.08. The highest BCUT2D eigenvalue weighted by Crippen LogP contribution is 2.11. The zero-order valence-corrected chi connectivity index (χ0v) is 9.60. The van der Waals surface area contributed by atoms with Crippen LogP contribution >= 0.6 is 0 Å². The van der Waals surface area contributed by atoms with Gasteiger partial charge < -0.3 is 5.11 Å². The number of hydrogen-bond donors (Lipinski definition) is 1. The number of rotatable bonds is 6. The van der Waals surface area contributed by atoms with E-state index in [2.05, 4.69) is 6.58 Å². The minimum absolute atomic E-state index is 0.620. The normalized spacial score (nSPS) is 14.5. The van der Waals surface area contributed by atoms with Crippen LogP contribution in [-0.2, 0) is 4.79 Å². The van der Waals surface area contributed by atoms with Crippen LogP contribution in [0.25, 0.3) is 0 Å². The van der Waals surface area contributed by atoms with E-state index in [1.54, 1.807) is 31.1 Å². The largest absolute Gasteiger partial charge is 0.480 e. The Bertz CT molecular complexity index is 277. The van der Waals surface area contributed by atoms with Crippen molar-refractivity contribution in [3.05, 3.63) is 36.5 Å². The molecular weight excluding hydrogens is 190 g/mol. The van der Waals surface area contributed by atoms with Gasteiger partial charge in [-0.25, -0.2) is 0 Å². The van der Waals surface area contributed by atoms with Crippen LogP contribution in [0.5, 0.6) is 0 Å². The standard InChI is InChI=1S/C12H19NO2/c1-5-7-9-10(8-6-2)11(12(14)15)13(3)4/h6-9,11H,2,5H2,1,3-4H3,(H,14,15). The van der Waals surface area contributed by atoms with Crippen molar-refractivity contribution in [2.24, 2.45) is 0 Å². The fourth-order valence-electron chi connectivity index (χ4n) is 1.29. The fraction of sp³-hybridized carbons (Fsp3) is 0.417. The van der Waals surface area contributed by atoms with E-state index in [1.165, 1.54) is 0 Å². The van der Waals surface area contributed by atoms with Gasteiger partial charge in [-0.1, -0.05) is 37.8 Å². The summed E-state index contributed by atoms with van der Waals surface area (Å²) in [6.07, 6.45) is 7.99. The maximum atomic E-state index is 11.1. The number of carboxylic acid groups (broad SMARTS) is 1. The van der Waals surface area contributed by atoms with Gasteiger partial charge in [-0.2, -0.15) is 0 Å². The van der Waals surface area contributed by atoms with Gasteiger partial charge in [0.05, 0.1) is 0 Å². The Labute approximate surface area is 91.4 Å². The third-order valence-corrected chi connectivity index (χ3v) is 1.92. The molecular formula is C12H19NO2. The molecule has 0 spiro atoms. The quantitative estimate of drug-likeness (QED) is 0.681. The van der Waals surface area contributed by atoms with Crippen molar-refractivity contribution in [3.63, 3.8) is 0 Å². The molecule has 3 nitrogen and oxygen atoms in total. The SMILES string of the molecule is C=CC=C(C=CCC)C(C(=O)O)N(C)C. The third kappa shape index (κ3) is 4.61. The average molecular weight is 209 g/mol. The monoisotopic (exact) mass is 209 g/mol. The van der Waals surface area contributed by atoms with Crippen LogP contribution < -0.4 is 0 Å². The first-order chi connectivity index (χ1) is 7.04. The Morgan fingerprint density at radius 2 is 2.13 bits per heavy atom. The summed E-state index contributed by atoms with van der Waals surface area (Å²) < 4.78 is 0. The second-order valence-corrected chi connectivity index (χ2v) is 3.42. The lowest BCUT2D eigenvalue weighted by Crippen LogP contribution is -2.36. The van der Waals surface area contributed by atoms with Crippen molar-refractivity contribution in [2.45, 2.75) is 19.4 Å². The van der Waals surface area contributed by atoms with E-state index in [-0.39, 0.29) is 0 Å². The van der Waals surface area contributed by atoms with Crippen molar-refractivity contribution in [1.82, 2.24) is 4.90 Å². The van der Waals surface area contributed by atoms with Gasteiger partial charge in [0.25, 0.3) is 0 Å². The molecule has 0 saturated heterocycles. The smallest absolute Gasteiger partial charge is 0.325 e. The molecule has 15 heavy (non-hydrogen) atoms. The third-order valence-electron chi connectivity index (χ3n) is 1.92. The maximum Gasteiger partial charge on any atom is 0.325 e. The summed E-state index contributed by atoms with van der Waals surface area (Å²) in [5.41, 5.74) is 0.740. The molecule has 0 saturated carbocycles. The first-order valence-electron chi connectivity index (χ1n) is 4.93. The molecule has 0 radical (unpaired) electrons. The molecule has 1 atom stereocenters. The van der Waals surface area contributed by atoms with Gasteiger partial charge in [-0.3, -0.25) is 9.69 Å². The second kappa shape index (κ2) is 7.01. The van der Waals surface area contributed by atoms with Crippen LogP contribution in [-0.4, -0.2) is 36.1 Å². The number of allylic oxidation sites excluding steroid dienone is 3. The summed E-state index contributed by atoms with van der Waals surface area (Å²) in [6, 6.07) is -0.620. The van der Waals surface area contributed by atoms with Crippen molar-refractivity contribution >= 4 is 5.97 Å². The molecule has 0 aliphatic carbocycles. The summed E-state index contributed by atoms with van der Waals surface area (Å²) in [5, 5.41) is 9.09. The van der Waals surface area contributed by atoms with E-state index in [9.17, 15) is 4.79 Å². The summed E-state index contributed by atoms with van der Waals surface area (Å²) in [5.74, 6) is -0.853. The Morgan fingerprint density at radius 1 is 1.53 bits per heavy atom. The Balaban J connectivity index is 5.01. The Kier molecular flexibility index (Phi) is 6.38. The zero-order valence-electron chi connectivity index (χ0n) is 9.60. The van der Waals surface area contributed by atoms with Crippen LogP contribution in [0.2, 0.25) is 0 Å². The molecule has 0 aromatic carbocycles. The maximum absolute atomic E-state index is 11.1. The Hall–Kier alpha value is -1.35.